The van der Waals surface area contributed by atoms with Crippen LogP contribution in [0.1, 0.15) is 32.1 Å². The molecule has 5 rings (SSSR count). The third-order valence-electron chi connectivity index (χ3n) is 6.11. The van der Waals surface area contributed by atoms with Gasteiger partial charge in [0.15, 0.2) is 5.69 Å². The lowest BCUT2D eigenvalue weighted by molar-refractivity contribution is -0.129. The van der Waals surface area contributed by atoms with Gasteiger partial charge in [-0.1, -0.05) is 43.2 Å². The summed E-state index contributed by atoms with van der Waals surface area (Å²) in [6.07, 6.45) is 5.40. The lowest BCUT2D eigenvalue weighted by Gasteiger charge is -2.07. The van der Waals surface area contributed by atoms with E-state index in [0.717, 1.165) is 48.3 Å². The number of unbranched alkanes of at least 4 members (excludes halogenated alkanes) is 3. The molecule has 0 saturated carbocycles. The molecule has 0 spiro atoms. The molecule has 11 nitrogen and oxygen atoms in total. The zero-order valence-electron chi connectivity index (χ0n) is 21.9. The van der Waals surface area contributed by atoms with E-state index in [9.17, 15) is 9.59 Å². The highest BCUT2D eigenvalue weighted by Gasteiger charge is 2.19. The maximum Gasteiger partial charge on any atom is 0.301 e. The molecule has 41 heavy (non-hydrogen) atoms. The van der Waals surface area contributed by atoms with Crippen LogP contribution < -0.4 is 15.8 Å². The van der Waals surface area contributed by atoms with Crippen LogP contribution in [0.2, 0.25) is 0 Å². The van der Waals surface area contributed by atoms with Gasteiger partial charge in [-0.05, 0) is 37.1 Å². The number of H-pyrrole nitrogens is 1. The summed E-state index contributed by atoms with van der Waals surface area (Å²) >= 11 is 2.68. The van der Waals surface area contributed by atoms with E-state index in [1.54, 1.807) is 17.1 Å². The second kappa shape index (κ2) is 13.7. The number of thiazole rings is 2. The van der Waals surface area contributed by atoms with Crippen LogP contribution in [-0.2, 0) is 4.79 Å². The Morgan fingerprint density at radius 1 is 1.00 bits per heavy atom. The Labute approximate surface area is 243 Å². The number of benzene rings is 2. The van der Waals surface area contributed by atoms with Crippen LogP contribution in [0.5, 0.6) is 5.75 Å². The number of aromatic nitrogens is 4. The van der Waals surface area contributed by atoms with E-state index in [1.807, 2.05) is 60.0 Å². The van der Waals surface area contributed by atoms with E-state index in [4.69, 9.17) is 14.9 Å². The summed E-state index contributed by atoms with van der Waals surface area (Å²) in [7, 11) is 0. The number of carbonyl (C=O) groups excluding carboxylic acids is 1. The quantitative estimate of drug-likeness (QED) is 0.0605. The second-order valence-electron chi connectivity index (χ2n) is 8.94. The highest BCUT2D eigenvalue weighted by atomic mass is 32.1. The molecule has 0 fully saturated rings. The molecule has 210 valence electrons. The van der Waals surface area contributed by atoms with Crippen molar-refractivity contribution in [3.05, 3.63) is 81.9 Å². The maximum atomic E-state index is 13.4. The van der Waals surface area contributed by atoms with Gasteiger partial charge in [0.1, 0.15) is 5.75 Å². The van der Waals surface area contributed by atoms with Gasteiger partial charge in [0.2, 0.25) is 16.2 Å². The predicted octanol–water partition coefficient (Wildman–Crippen LogP) is 6.66. The number of hydrogen-bond acceptors (Lipinski definition) is 10. The molecule has 13 heteroatoms. The minimum absolute atomic E-state index is 0.181. The van der Waals surface area contributed by atoms with Crippen molar-refractivity contribution < 1.29 is 14.7 Å². The minimum Gasteiger partial charge on any atom is -0.494 e. The number of hydrogen-bond donors (Lipinski definition) is 3. The average molecular weight is 590 g/mol. The van der Waals surface area contributed by atoms with Crippen LogP contribution in [0, 0.1) is 0 Å². The van der Waals surface area contributed by atoms with E-state index in [0.29, 0.717) is 29.0 Å². The number of rotatable bonds is 13. The maximum absolute atomic E-state index is 13.4. The average Bonchev–Trinajstić information content (AvgIpc) is 3.77. The predicted molar refractivity (Wildman–Crippen MR) is 158 cm³/mol. The summed E-state index contributed by atoms with van der Waals surface area (Å²) in [5.41, 5.74) is 4.45. The molecule has 0 saturated heterocycles. The van der Waals surface area contributed by atoms with Crippen LogP contribution in [0.4, 0.5) is 10.8 Å². The number of amides is 1. The third-order valence-corrected chi connectivity index (χ3v) is 7.59. The Balaban J connectivity index is 1.26. The first-order valence-electron chi connectivity index (χ1n) is 13.0. The lowest BCUT2D eigenvalue weighted by atomic mass is 10.1. The molecule has 0 atom stereocenters. The molecule has 0 unspecified atom stereocenters. The van der Waals surface area contributed by atoms with Gasteiger partial charge in [-0.15, -0.1) is 32.9 Å². The van der Waals surface area contributed by atoms with Gasteiger partial charge >= 0.3 is 5.56 Å². The van der Waals surface area contributed by atoms with Crippen LogP contribution in [0.25, 0.3) is 27.6 Å². The molecule has 0 bridgehead atoms. The van der Waals surface area contributed by atoms with Crippen LogP contribution in [0.15, 0.2) is 86.6 Å². The first kappa shape index (κ1) is 28.1. The number of azo groups is 1. The zero-order valence-corrected chi connectivity index (χ0v) is 23.5. The Morgan fingerprint density at radius 3 is 2.56 bits per heavy atom. The molecule has 1 amide bonds. The van der Waals surface area contributed by atoms with Crippen molar-refractivity contribution in [2.24, 2.45) is 10.2 Å². The summed E-state index contributed by atoms with van der Waals surface area (Å²) in [6, 6.07) is 17.1. The van der Waals surface area contributed by atoms with Crippen LogP contribution >= 0.6 is 22.7 Å². The molecule has 3 N–H and O–H groups in total. The Kier molecular flexibility index (Phi) is 9.41. The third kappa shape index (κ3) is 7.20. The van der Waals surface area contributed by atoms with E-state index < -0.39 is 0 Å². The summed E-state index contributed by atoms with van der Waals surface area (Å²) in [4.78, 5) is 33.3. The van der Waals surface area contributed by atoms with Gasteiger partial charge in [0, 0.05) is 34.5 Å². The number of carbonyl (C=O) groups is 1. The smallest absolute Gasteiger partial charge is 0.301 e. The molecule has 3 heterocycles. The molecule has 0 aliphatic carbocycles. The molecule has 0 aliphatic rings. The first-order chi connectivity index (χ1) is 20.1. The number of hydroxylamine groups is 1. The van der Waals surface area contributed by atoms with E-state index in [-0.39, 0.29) is 17.2 Å². The number of nitrogens with one attached hydrogen (secondary N) is 2. The zero-order chi connectivity index (χ0) is 28.4. The Hall–Kier alpha value is -4.46. The van der Waals surface area contributed by atoms with Crippen molar-refractivity contribution in [1.82, 2.24) is 25.2 Å². The fourth-order valence-corrected chi connectivity index (χ4v) is 5.27. The molecule has 3 aromatic heterocycles. The van der Waals surface area contributed by atoms with Gasteiger partial charge in [-0.3, -0.25) is 19.9 Å². The number of aromatic amines is 1. The highest BCUT2D eigenvalue weighted by Crippen LogP contribution is 2.30. The number of ether oxygens (including phenoxy) is 1. The van der Waals surface area contributed by atoms with Crippen LogP contribution in [0.3, 0.4) is 0 Å². The molecule has 0 aliphatic heterocycles. The van der Waals surface area contributed by atoms with Crippen molar-refractivity contribution >= 4 is 39.4 Å². The SMILES string of the molecule is O=C(CCCCCCOc1ccc(-c2csc(-n3[nH]c(-c4ccccc4)c(N=Nc4nccs4)c3=O)n2)cc1)NO. The van der Waals surface area contributed by atoms with Gasteiger partial charge in [0.25, 0.3) is 0 Å². The largest absolute Gasteiger partial charge is 0.494 e. The van der Waals surface area contributed by atoms with Crippen molar-refractivity contribution in [1.29, 1.82) is 0 Å². The Morgan fingerprint density at radius 2 is 1.80 bits per heavy atom. The number of nitrogens with zero attached hydrogens (tertiary/aromatic N) is 5. The summed E-state index contributed by atoms with van der Waals surface area (Å²) < 4.78 is 7.22. The summed E-state index contributed by atoms with van der Waals surface area (Å²) in [6.45, 7) is 0.577. The molecule has 0 radical (unpaired) electrons. The standard InChI is InChI=1S/C28H27N7O4S2/c36-23(34-38)10-6-1-2-7-16-39-21-13-11-19(12-14-21)22-18-41-28(30-22)35-26(37)25(31-32-27-29-15-17-40-27)24(33-35)20-8-4-3-5-9-20/h3-5,8-9,11-15,17-18,33,38H,1-2,6-7,10,16H2,(H,34,36). The van der Waals surface area contributed by atoms with Crippen molar-refractivity contribution in [3.63, 3.8) is 0 Å². The minimum atomic E-state index is -0.357. The lowest BCUT2D eigenvalue weighted by Crippen LogP contribution is -2.17. The topological polar surface area (TPSA) is 147 Å². The Bertz CT molecular complexity index is 1640. The highest BCUT2D eigenvalue weighted by molar-refractivity contribution is 7.13. The second-order valence-corrected chi connectivity index (χ2v) is 10.7. The molecule has 5 aromatic rings. The normalized spacial score (nSPS) is 11.2. The fourth-order valence-electron chi connectivity index (χ4n) is 4.03. The molecular weight excluding hydrogens is 562 g/mol. The van der Waals surface area contributed by atoms with Gasteiger partial charge < -0.3 is 4.74 Å². The van der Waals surface area contributed by atoms with Crippen molar-refractivity contribution in [2.75, 3.05) is 6.61 Å². The van der Waals surface area contributed by atoms with E-state index in [1.165, 1.54) is 27.4 Å². The molecular formula is C28H27N7O4S2. The van der Waals surface area contributed by atoms with Gasteiger partial charge in [-0.2, -0.15) is 4.68 Å². The van der Waals surface area contributed by atoms with Crippen molar-refractivity contribution in [2.45, 2.75) is 32.1 Å². The van der Waals surface area contributed by atoms with Crippen molar-refractivity contribution in [3.8, 4) is 33.4 Å². The monoisotopic (exact) mass is 589 g/mol. The summed E-state index contributed by atoms with van der Waals surface area (Å²) in [5.74, 6) is 0.400. The van der Waals surface area contributed by atoms with Crippen LogP contribution in [-0.4, -0.2) is 37.5 Å². The van der Waals surface area contributed by atoms with E-state index >= 15 is 0 Å². The van der Waals surface area contributed by atoms with Gasteiger partial charge in [0.05, 0.1) is 18.0 Å². The van der Waals surface area contributed by atoms with E-state index in [2.05, 4.69) is 20.3 Å². The first-order valence-corrected chi connectivity index (χ1v) is 14.7. The van der Waals surface area contributed by atoms with Gasteiger partial charge in [-0.25, -0.2) is 15.4 Å². The fraction of sp³-hybridized carbons (Fsp3) is 0.214. The summed E-state index contributed by atoms with van der Waals surface area (Å²) in [5, 5.41) is 24.7. The molecule has 2 aromatic carbocycles.